The molecule has 1 heterocycles. The summed E-state index contributed by atoms with van der Waals surface area (Å²) in [5.41, 5.74) is 0. The molecule has 1 fully saturated rings. The first-order valence-corrected chi connectivity index (χ1v) is 3.74. The number of urea groups is 2. The number of nitrogens with zero attached hydrogens (tertiary/aromatic N) is 3. The van der Waals surface area contributed by atoms with Crippen LogP contribution < -0.4 is 0 Å². The highest BCUT2D eigenvalue weighted by molar-refractivity contribution is 6.09. The highest BCUT2D eigenvalue weighted by atomic mass is 16.2. The molecule has 0 aromatic rings. The highest BCUT2D eigenvalue weighted by Gasteiger charge is 2.37. The lowest BCUT2D eigenvalue weighted by molar-refractivity contribution is -0.124. The maximum Gasteiger partial charge on any atom is 0.335 e. The van der Waals surface area contributed by atoms with Gasteiger partial charge in [0, 0.05) is 21.1 Å². The second kappa shape index (κ2) is 3.04. The quantitative estimate of drug-likeness (QED) is 0.481. The van der Waals surface area contributed by atoms with Crippen molar-refractivity contribution in [3.8, 4) is 0 Å². The van der Waals surface area contributed by atoms with Gasteiger partial charge in [0.2, 0.25) is 0 Å². The highest BCUT2D eigenvalue weighted by Crippen LogP contribution is 2.09. The van der Waals surface area contributed by atoms with Gasteiger partial charge in [-0.1, -0.05) is 0 Å². The summed E-state index contributed by atoms with van der Waals surface area (Å²) in [6, 6.07) is -1.04. The average Bonchev–Trinajstić information content (AvgIpc) is 2.31. The standard InChI is InChI=1S/C7H11N3O3/c1-8(2)6(12)10-4-5(11)9(3)7(10)13/h4H2,1-3H3. The number of rotatable bonds is 0. The lowest BCUT2D eigenvalue weighted by atomic mass is 10.6. The van der Waals surface area contributed by atoms with Crippen LogP contribution in [-0.2, 0) is 4.79 Å². The van der Waals surface area contributed by atoms with E-state index in [4.69, 9.17) is 0 Å². The van der Waals surface area contributed by atoms with Crippen LogP contribution in [-0.4, -0.2) is 60.4 Å². The Labute approximate surface area is 75.7 Å². The molecule has 0 aliphatic carbocycles. The normalized spacial score (nSPS) is 16.8. The van der Waals surface area contributed by atoms with Gasteiger partial charge in [0.25, 0.3) is 5.91 Å². The third-order valence-electron chi connectivity index (χ3n) is 1.80. The van der Waals surface area contributed by atoms with Gasteiger partial charge in [-0.15, -0.1) is 0 Å². The fourth-order valence-corrected chi connectivity index (χ4v) is 0.988. The second-order valence-electron chi connectivity index (χ2n) is 3.00. The number of likely N-dealkylation sites (N-methyl/N-ethyl adjacent to an activating group) is 1. The molecule has 5 amide bonds. The summed E-state index contributed by atoms with van der Waals surface area (Å²) in [4.78, 5) is 36.6. The van der Waals surface area contributed by atoms with Gasteiger partial charge in [-0.05, 0) is 0 Å². The van der Waals surface area contributed by atoms with Gasteiger partial charge in [0.15, 0.2) is 0 Å². The summed E-state index contributed by atoms with van der Waals surface area (Å²) in [5, 5.41) is 0. The molecule has 1 aliphatic heterocycles. The Hall–Kier alpha value is -1.59. The van der Waals surface area contributed by atoms with Gasteiger partial charge < -0.3 is 4.90 Å². The predicted molar refractivity (Wildman–Crippen MR) is 44.0 cm³/mol. The second-order valence-corrected chi connectivity index (χ2v) is 3.00. The summed E-state index contributed by atoms with van der Waals surface area (Å²) >= 11 is 0. The van der Waals surface area contributed by atoms with E-state index >= 15 is 0 Å². The molecule has 0 N–H and O–H groups in total. The molecule has 0 spiro atoms. The maximum atomic E-state index is 11.3. The van der Waals surface area contributed by atoms with Gasteiger partial charge in [-0.2, -0.15) is 0 Å². The van der Waals surface area contributed by atoms with Gasteiger partial charge in [0.1, 0.15) is 6.54 Å². The van der Waals surface area contributed by atoms with E-state index in [2.05, 4.69) is 0 Å². The molecule has 6 heteroatoms. The fraction of sp³-hybridized carbons (Fsp3) is 0.571. The topological polar surface area (TPSA) is 60.9 Å². The number of carbonyl (C=O) groups excluding carboxylic acids is 3. The predicted octanol–water partition coefficient (Wildman–Crippen LogP) is -0.438. The van der Waals surface area contributed by atoms with Crippen LogP contribution in [0.1, 0.15) is 0 Å². The molecule has 1 aliphatic rings. The van der Waals surface area contributed by atoms with Crippen molar-refractivity contribution >= 4 is 18.0 Å². The van der Waals surface area contributed by atoms with Crippen LogP contribution in [0.4, 0.5) is 9.59 Å². The summed E-state index contributed by atoms with van der Waals surface area (Å²) in [5.74, 6) is -0.361. The Morgan fingerprint density at radius 2 is 1.92 bits per heavy atom. The molecule has 0 bridgehead atoms. The molecular weight excluding hydrogens is 174 g/mol. The molecule has 0 unspecified atom stereocenters. The van der Waals surface area contributed by atoms with Crippen molar-refractivity contribution in [2.24, 2.45) is 0 Å². The van der Waals surface area contributed by atoms with E-state index in [1.165, 1.54) is 26.0 Å². The molecule has 0 atom stereocenters. The monoisotopic (exact) mass is 185 g/mol. The molecule has 1 rings (SSSR count). The molecule has 72 valence electrons. The minimum absolute atomic E-state index is 0.160. The van der Waals surface area contributed by atoms with E-state index in [1.807, 2.05) is 0 Å². The van der Waals surface area contributed by atoms with E-state index in [0.717, 1.165) is 9.80 Å². The minimum atomic E-state index is -0.566. The largest absolute Gasteiger partial charge is 0.335 e. The van der Waals surface area contributed by atoms with Crippen LogP contribution in [0.15, 0.2) is 0 Å². The van der Waals surface area contributed by atoms with Gasteiger partial charge >= 0.3 is 12.1 Å². The van der Waals surface area contributed by atoms with E-state index in [9.17, 15) is 14.4 Å². The van der Waals surface area contributed by atoms with E-state index in [-0.39, 0.29) is 12.5 Å². The first kappa shape index (κ1) is 9.50. The minimum Gasteiger partial charge on any atom is -0.330 e. The van der Waals surface area contributed by atoms with Crippen molar-refractivity contribution in [3.63, 3.8) is 0 Å². The van der Waals surface area contributed by atoms with E-state index < -0.39 is 12.1 Å². The SMILES string of the molecule is CN(C)C(=O)N1CC(=O)N(C)C1=O. The molecular formula is C7H11N3O3. The molecule has 1 saturated heterocycles. The van der Waals surface area contributed by atoms with Crippen LogP contribution in [0.5, 0.6) is 0 Å². The summed E-state index contributed by atoms with van der Waals surface area (Å²) in [6.45, 7) is -0.160. The Morgan fingerprint density at radius 1 is 1.38 bits per heavy atom. The molecule has 6 nitrogen and oxygen atoms in total. The summed E-state index contributed by atoms with van der Waals surface area (Å²) in [6.07, 6.45) is 0. The Morgan fingerprint density at radius 3 is 2.23 bits per heavy atom. The Bertz CT molecular complexity index is 274. The zero-order valence-electron chi connectivity index (χ0n) is 7.77. The summed E-state index contributed by atoms with van der Waals surface area (Å²) < 4.78 is 0. The third kappa shape index (κ3) is 1.47. The van der Waals surface area contributed by atoms with Crippen LogP contribution in [0, 0.1) is 0 Å². The van der Waals surface area contributed by atoms with Crippen LogP contribution >= 0.6 is 0 Å². The van der Waals surface area contributed by atoms with Crippen molar-refractivity contribution in [1.82, 2.24) is 14.7 Å². The zero-order chi connectivity index (χ0) is 10.2. The molecule has 0 aromatic carbocycles. The maximum absolute atomic E-state index is 11.3. The number of carbonyl (C=O) groups is 3. The lowest BCUT2D eigenvalue weighted by Crippen LogP contribution is -2.41. The Kier molecular flexibility index (Phi) is 2.22. The van der Waals surface area contributed by atoms with E-state index in [1.54, 1.807) is 0 Å². The summed E-state index contributed by atoms with van der Waals surface area (Å²) in [7, 11) is 4.41. The smallest absolute Gasteiger partial charge is 0.330 e. The lowest BCUT2D eigenvalue weighted by Gasteiger charge is -2.17. The molecule has 0 aromatic heterocycles. The molecule has 0 saturated carbocycles. The van der Waals surface area contributed by atoms with Crippen LogP contribution in [0.2, 0.25) is 0 Å². The van der Waals surface area contributed by atoms with Crippen LogP contribution in [0.3, 0.4) is 0 Å². The van der Waals surface area contributed by atoms with Gasteiger partial charge in [-0.25, -0.2) is 14.5 Å². The third-order valence-corrected chi connectivity index (χ3v) is 1.80. The molecule has 0 radical (unpaired) electrons. The molecule has 13 heavy (non-hydrogen) atoms. The van der Waals surface area contributed by atoms with Crippen molar-refractivity contribution in [1.29, 1.82) is 0 Å². The van der Waals surface area contributed by atoms with Crippen molar-refractivity contribution in [2.75, 3.05) is 27.7 Å². The number of hydrogen-bond donors (Lipinski definition) is 0. The first-order valence-electron chi connectivity index (χ1n) is 3.74. The fourth-order valence-electron chi connectivity index (χ4n) is 0.988. The number of imide groups is 2. The number of amides is 5. The van der Waals surface area contributed by atoms with Gasteiger partial charge in [-0.3, -0.25) is 9.69 Å². The van der Waals surface area contributed by atoms with Crippen LogP contribution in [0.25, 0.3) is 0 Å². The van der Waals surface area contributed by atoms with Crippen molar-refractivity contribution in [3.05, 3.63) is 0 Å². The number of hydrogen-bond acceptors (Lipinski definition) is 3. The average molecular weight is 185 g/mol. The Balaban J connectivity index is 2.80. The van der Waals surface area contributed by atoms with Crippen molar-refractivity contribution < 1.29 is 14.4 Å². The first-order chi connectivity index (χ1) is 5.95. The zero-order valence-corrected chi connectivity index (χ0v) is 7.77. The van der Waals surface area contributed by atoms with Crippen molar-refractivity contribution in [2.45, 2.75) is 0 Å². The van der Waals surface area contributed by atoms with E-state index in [0.29, 0.717) is 0 Å². The van der Waals surface area contributed by atoms with Gasteiger partial charge in [0.05, 0.1) is 0 Å².